The van der Waals surface area contributed by atoms with E-state index in [0.717, 1.165) is 0 Å². The van der Waals surface area contributed by atoms with Crippen LogP contribution in [-0.2, 0) is 0 Å². The number of nitrogens with zero attached hydrogens (tertiary/aromatic N) is 1. The molecule has 15 heavy (non-hydrogen) atoms. The first-order valence-electron chi connectivity index (χ1n) is 4.62. The number of hydrogen-bond acceptors (Lipinski definition) is 2. The fourth-order valence-corrected chi connectivity index (χ4v) is 1.81. The average molecular weight is 212 g/mol. The van der Waals surface area contributed by atoms with Crippen LogP contribution in [0.4, 0.5) is 8.78 Å². The molecule has 1 heterocycles. The summed E-state index contributed by atoms with van der Waals surface area (Å²) in [5, 5.41) is 0. The van der Waals surface area contributed by atoms with E-state index in [1.54, 1.807) is 6.07 Å². The van der Waals surface area contributed by atoms with Crippen LogP contribution in [-0.4, -0.2) is 16.8 Å². The number of carbonyl (C=O) groups excluding carboxylic acids is 1. The molecule has 0 aliphatic heterocycles. The standard InChI is InChI=1S/C10H10F2N2O/c11-10(12)4-6(5-10)8-7(9(13)15)2-1-3-14-8/h1-3,6H,4-5H2,(H2,13,15). The molecule has 0 unspecified atom stereocenters. The van der Waals surface area contributed by atoms with Crippen LogP contribution in [0.2, 0.25) is 0 Å². The summed E-state index contributed by atoms with van der Waals surface area (Å²) in [7, 11) is 0. The summed E-state index contributed by atoms with van der Waals surface area (Å²) < 4.78 is 25.3. The number of halogens is 2. The lowest BCUT2D eigenvalue weighted by atomic mass is 9.77. The maximum atomic E-state index is 12.7. The Bertz CT molecular complexity index is 398. The van der Waals surface area contributed by atoms with Gasteiger partial charge in [0.25, 0.3) is 5.91 Å². The van der Waals surface area contributed by atoms with Crippen LogP contribution in [0, 0.1) is 0 Å². The van der Waals surface area contributed by atoms with Gasteiger partial charge in [0.15, 0.2) is 0 Å². The van der Waals surface area contributed by atoms with Crippen molar-refractivity contribution >= 4 is 5.91 Å². The molecule has 0 saturated heterocycles. The minimum absolute atomic E-state index is 0.246. The van der Waals surface area contributed by atoms with E-state index in [2.05, 4.69) is 4.98 Å². The Morgan fingerprint density at radius 1 is 1.53 bits per heavy atom. The van der Waals surface area contributed by atoms with Crippen molar-refractivity contribution < 1.29 is 13.6 Å². The van der Waals surface area contributed by atoms with Crippen molar-refractivity contribution in [1.82, 2.24) is 4.98 Å². The summed E-state index contributed by atoms with van der Waals surface area (Å²) in [6.07, 6.45) is 0.993. The molecule has 0 bridgehead atoms. The van der Waals surface area contributed by atoms with Crippen LogP contribution in [0.25, 0.3) is 0 Å². The quantitative estimate of drug-likeness (QED) is 0.811. The molecular formula is C10H10F2N2O. The van der Waals surface area contributed by atoms with Gasteiger partial charge < -0.3 is 5.73 Å². The first kappa shape index (κ1) is 10.0. The molecule has 1 aromatic rings. The smallest absolute Gasteiger partial charge is 0.250 e. The number of amides is 1. The van der Waals surface area contributed by atoms with Gasteiger partial charge in [-0.2, -0.15) is 0 Å². The first-order chi connectivity index (χ1) is 6.99. The molecule has 0 radical (unpaired) electrons. The second-order valence-corrected chi connectivity index (χ2v) is 3.76. The fraction of sp³-hybridized carbons (Fsp3) is 0.400. The number of carbonyl (C=O) groups is 1. The summed E-state index contributed by atoms with van der Waals surface area (Å²) in [6.45, 7) is 0. The normalized spacial score (nSPS) is 19.6. The molecule has 5 heteroatoms. The molecular weight excluding hydrogens is 202 g/mol. The van der Waals surface area contributed by atoms with E-state index in [0.29, 0.717) is 5.69 Å². The second-order valence-electron chi connectivity index (χ2n) is 3.76. The van der Waals surface area contributed by atoms with Gasteiger partial charge in [0, 0.05) is 25.0 Å². The molecule has 1 amide bonds. The second kappa shape index (κ2) is 3.25. The first-order valence-corrected chi connectivity index (χ1v) is 4.62. The van der Waals surface area contributed by atoms with E-state index in [1.165, 1.54) is 12.3 Å². The molecule has 2 N–H and O–H groups in total. The van der Waals surface area contributed by atoms with E-state index < -0.39 is 11.8 Å². The summed E-state index contributed by atoms with van der Waals surface area (Å²) in [6, 6.07) is 3.08. The largest absolute Gasteiger partial charge is 0.366 e. The van der Waals surface area contributed by atoms with Crippen molar-refractivity contribution in [3.05, 3.63) is 29.6 Å². The molecule has 0 spiro atoms. The predicted molar refractivity (Wildman–Crippen MR) is 49.7 cm³/mol. The minimum Gasteiger partial charge on any atom is -0.366 e. The highest BCUT2D eigenvalue weighted by molar-refractivity contribution is 5.94. The van der Waals surface area contributed by atoms with Crippen molar-refractivity contribution in [1.29, 1.82) is 0 Å². The third-order valence-corrected chi connectivity index (χ3v) is 2.58. The van der Waals surface area contributed by atoms with Crippen LogP contribution < -0.4 is 5.73 Å². The Kier molecular flexibility index (Phi) is 2.17. The molecule has 1 aromatic heterocycles. The van der Waals surface area contributed by atoms with Crippen molar-refractivity contribution in [2.75, 3.05) is 0 Å². The van der Waals surface area contributed by atoms with Gasteiger partial charge in [-0.3, -0.25) is 9.78 Å². The number of pyridine rings is 1. The van der Waals surface area contributed by atoms with Gasteiger partial charge in [-0.05, 0) is 12.1 Å². The zero-order chi connectivity index (χ0) is 11.1. The fourth-order valence-electron chi connectivity index (χ4n) is 1.81. The van der Waals surface area contributed by atoms with Gasteiger partial charge in [-0.25, -0.2) is 8.78 Å². The van der Waals surface area contributed by atoms with E-state index in [1.807, 2.05) is 0 Å². The summed E-state index contributed by atoms with van der Waals surface area (Å²) in [5.74, 6) is -3.58. The number of primary amides is 1. The topological polar surface area (TPSA) is 56.0 Å². The van der Waals surface area contributed by atoms with Crippen LogP contribution >= 0.6 is 0 Å². The zero-order valence-corrected chi connectivity index (χ0v) is 7.91. The van der Waals surface area contributed by atoms with E-state index in [4.69, 9.17) is 5.73 Å². The van der Waals surface area contributed by atoms with Gasteiger partial charge in [-0.1, -0.05) is 0 Å². The molecule has 2 rings (SSSR count). The van der Waals surface area contributed by atoms with Crippen molar-refractivity contribution in [3.8, 4) is 0 Å². The molecule has 0 atom stereocenters. The minimum atomic E-state index is -2.61. The van der Waals surface area contributed by atoms with Gasteiger partial charge in [-0.15, -0.1) is 0 Å². The number of hydrogen-bond donors (Lipinski definition) is 1. The van der Waals surface area contributed by atoms with E-state index >= 15 is 0 Å². The lowest BCUT2D eigenvalue weighted by molar-refractivity contribution is -0.0877. The van der Waals surface area contributed by atoms with Gasteiger partial charge in [0.2, 0.25) is 5.92 Å². The Morgan fingerprint density at radius 3 is 2.73 bits per heavy atom. The number of alkyl halides is 2. The molecule has 80 valence electrons. The van der Waals surface area contributed by atoms with E-state index in [-0.39, 0.29) is 24.3 Å². The maximum Gasteiger partial charge on any atom is 0.250 e. The number of aromatic nitrogens is 1. The van der Waals surface area contributed by atoms with Gasteiger partial charge >= 0.3 is 0 Å². The van der Waals surface area contributed by atoms with Crippen LogP contribution in [0.5, 0.6) is 0 Å². The van der Waals surface area contributed by atoms with Gasteiger partial charge in [0.1, 0.15) is 0 Å². The lowest BCUT2D eigenvalue weighted by Crippen LogP contribution is -2.35. The number of rotatable bonds is 2. The Hall–Kier alpha value is -1.52. The molecule has 3 nitrogen and oxygen atoms in total. The Morgan fingerprint density at radius 2 is 2.20 bits per heavy atom. The third kappa shape index (κ3) is 1.82. The lowest BCUT2D eigenvalue weighted by Gasteiger charge is -2.35. The third-order valence-electron chi connectivity index (χ3n) is 2.58. The van der Waals surface area contributed by atoms with Crippen LogP contribution in [0.15, 0.2) is 18.3 Å². The molecule has 1 aliphatic carbocycles. The van der Waals surface area contributed by atoms with Crippen LogP contribution in [0.1, 0.15) is 34.8 Å². The molecule has 1 fully saturated rings. The molecule has 1 saturated carbocycles. The zero-order valence-electron chi connectivity index (χ0n) is 7.91. The average Bonchev–Trinajstić information content (AvgIpc) is 2.14. The Labute approximate surface area is 85.3 Å². The monoisotopic (exact) mass is 212 g/mol. The van der Waals surface area contributed by atoms with Crippen molar-refractivity contribution in [2.24, 2.45) is 5.73 Å². The number of nitrogens with two attached hydrogens (primary N) is 1. The predicted octanol–water partition coefficient (Wildman–Crippen LogP) is 1.69. The Balaban J connectivity index is 2.26. The van der Waals surface area contributed by atoms with Crippen molar-refractivity contribution in [3.63, 3.8) is 0 Å². The summed E-state index contributed by atoms with van der Waals surface area (Å²) >= 11 is 0. The van der Waals surface area contributed by atoms with Crippen molar-refractivity contribution in [2.45, 2.75) is 24.7 Å². The SMILES string of the molecule is NC(=O)c1cccnc1C1CC(F)(F)C1. The highest BCUT2D eigenvalue weighted by Crippen LogP contribution is 2.48. The summed E-state index contributed by atoms with van der Waals surface area (Å²) in [4.78, 5) is 15.0. The van der Waals surface area contributed by atoms with E-state index in [9.17, 15) is 13.6 Å². The van der Waals surface area contributed by atoms with Gasteiger partial charge in [0.05, 0.1) is 11.3 Å². The summed E-state index contributed by atoms with van der Waals surface area (Å²) in [5.41, 5.74) is 5.78. The molecule has 1 aliphatic rings. The highest BCUT2D eigenvalue weighted by Gasteiger charge is 2.47. The maximum absolute atomic E-state index is 12.7. The highest BCUT2D eigenvalue weighted by atomic mass is 19.3. The van der Waals surface area contributed by atoms with Crippen LogP contribution in [0.3, 0.4) is 0 Å². The molecule has 0 aromatic carbocycles.